The second-order valence-corrected chi connectivity index (χ2v) is 6.30. The van der Waals surface area contributed by atoms with Gasteiger partial charge in [0, 0.05) is 0 Å². The molecule has 0 aliphatic heterocycles. The van der Waals surface area contributed by atoms with Crippen LogP contribution in [0.5, 0.6) is 0 Å². The van der Waals surface area contributed by atoms with E-state index >= 15 is 0 Å². The molecule has 0 aliphatic carbocycles. The van der Waals surface area contributed by atoms with Crippen molar-refractivity contribution in [2.45, 2.75) is 34.1 Å². The maximum absolute atomic E-state index is 13.4. The van der Waals surface area contributed by atoms with Gasteiger partial charge in [-0.25, -0.2) is 4.39 Å². The summed E-state index contributed by atoms with van der Waals surface area (Å²) in [6.07, 6.45) is 0.821. The van der Waals surface area contributed by atoms with Gasteiger partial charge in [0.1, 0.15) is 5.82 Å². The summed E-state index contributed by atoms with van der Waals surface area (Å²) in [4.78, 5) is 0. The molecule has 1 aromatic rings. The van der Waals surface area contributed by atoms with Crippen molar-refractivity contribution in [2.24, 2.45) is 17.8 Å². The normalized spacial score (nSPS) is 14.7. The van der Waals surface area contributed by atoms with E-state index in [9.17, 15) is 4.39 Å². The van der Waals surface area contributed by atoms with Crippen LogP contribution in [-0.2, 0) is 6.42 Å². The minimum Gasteiger partial charge on any atom is -0.316 e. The van der Waals surface area contributed by atoms with E-state index in [4.69, 9.17) is 11.6 Å². The number of benzene rings is 1. The van der Waals surface area contributed by atoms with E-state index in [1.54, 1.807) is 6.07 Å². The Kier molecular flexibility index (Phi) is 6.81. The minimum absolute atomic E-state index is 0.275. The molecule has 0 fully saturated rings. The molecule has 0 spiro atoms. The van der Waals surface area contributed by atoms with Crippen LogP contribution in [0.1, 0.15) is 33.3 Å². The third-order valence-electron chi connectivity index (χ3n) is 3.56. The maximum atomic E-state index is 13.4. The van der Waals surface area contributed by atoms with Crippen LogP contribution in [-0.4, -0.2) is 13.1 Å². The molecule has 2 unspecified atom stereocenters. The Labute approximate surface area is 121 Å². The van der Waals surface area contributed by atoms with E-state index in [1.807, 2.05) is 6.07 Å². The highest BCUT2D eigenvalue weighted by Crippen LogP contribution is 2.24. The second kappa shape index (κ2) is 7.86. The van der Waals surface area contributed by atoms with Crippen LogP contribution in [0, 0.1) is 23.6 Å². The summed E-state index contributed by atoms with van der Waals surface area (Å²) in [6.45, 7) is 10.9. The van der Waals surface area contributed by atoms with Gasteiger partial charge in [-0.05, 0) is 48.9 Å². The lowest BCUT2D eigenvalue weighted by Gasteiger charge is -2.21. The fraction of sp³-hybridized carbons (Fsp3) is 0.625. The summed E-state index contributed by atoms with van der Waals surface area (Å²) in [6, 6.07) is 5.05. The van der Waals surface area contributed by atoms with Gasteiger partial charge in [-0.15, -0.1) is 0 Å². The van der Waals surface area contributed by atoms with Gasteiger partial charge in [0.2, 0.25) is 0 Å². The van der Waals surface area contributed by atoms with E-state index < -0.39 is 0 Å². The molecular weight excluding hydrogens is 261 g/mol. The van der Waals surface area contributed by atoms with E-state index in [0.717, 1.165) is 25.1 Å². The fourth-order valence-electron chi connectivity index (χ4n) is 2.06. The Balaban J connectivity index is 2.49. The molecule has 19 heavy (non-hydrogen) atoms. The molecule has 1 N–H and O–H groups in total. The zero-order valence-corrected chi connectivity index (χ0v) is 13.1. The molecule has 0 amide bonds. The Morgan fingerprint density at radius 3 is 2.42 bits per heavy atom. The van der Waals surface area contributed by atoms with E-state index in [1.165, 1.54) is 6.07 Å². The predicted molar refractivity (Wildman–Crippen MR) is 81.1 cm³/mol. The molecule has 0 aliphatic rings. The van der Waals surface area contributed by atoms with Crippen LogP contribution in [0.4, 0.5) is 4.39 Å². The average Bonchev–Trinajstić information content (AvgIpc) is 2.34. The molecule has 2 atom stereocenters. The lowest BCUT2D eigenvalue weighted by atomic mass is 9.89. The zero-order chi connectivity index (χ0) is 14.4. The molecule has 0 aromatic heterocycles. The number of halogens is 2. The van der Waals surface area contributed by atoms with Gasteiger partial charge in [-0.1, -0.05) is 51.4 Å². The van der Waals surface area contributed by atoms with Crippen LogP contribution in [0.15, 0.2) is 18.2 Å². The third kappa shape index (κ3) is 5.50. The first-order chi connectivity index (χ1) is 8.91. The van der Waals surface area contributed by atoms with Gasteiger partial charge >= 0.3 is 0 Å². The lowest BCUT2D eigenvalue weighted by Crippen LogP contribution is -2.28. The van der Waals surface area contributed by atoms with Crippen molar-refractivity contribution in [1.29, 1.82) is 0 Å². The van der Waals surface area contributed by atoms with Crippen molar-refractivity contribution < 1.29 is 4.39 Å². The van der Waals surface area contributed by atoms with Crippen molar-refractivity contribution in [3.63, 3.8) is 0 Å². The molecule has 1 nitrogen and oxygen atoms in total. The average molecular weight is 286 g/mol. The number of hydrogen-bond acceptors (Lipinski definition) is 1. The first kappa shape index (κ1) is 16.5. The van der Waals surface area contributed by atoms with Gasteiger partial charge in [0.15, 0.2) is 0 Å². The van der Waals surface area contributed by atoms with Crippen LogP contribution in [0.3, 0.4) is 0 Å². The molecule has 3 heteroatoms. The quantitative estimate of drug-likeness (QED) is 0.775. The summed E-state index contributed by atoms with van der Waals surface area (Å²) in [5.74, 6) is 1.36. The molecule has 0 heterocycles. The molecule has 0 saturated carbocycles. The Bertz CT molecular complexity index is 392. The Hall–Kier alpha value is -0.600. The fourth-order valence-corrected chi connectivity index (χ4v) is 2.26. The highest BCUT2D eigenvalue weighted by atomic mass is 35.5. The van der Waals surface area contributed by atoms with Crippen molar-refractivity contribution in [1.82, 2.24) is 5.32 Å². The van der Waals surface area contributed by atoms with Gasteiger partial charge in [-0.3, -0.25) is 0 Å². The minimum atomic E-state index is -0.322. The summed E-state index contributed by atoms with van der Waals surface area (Å²) in [7, 11) is 0. The summed E-state index contributed by atoms with van der Waals surface area (Å²) >= 11 is 6.00. The highest BCUT2D eigenvalue weighted by molar-refractivity contribution is 6.31. The van der Waals surface area contributed by atoms with Gasteiger partial charge < -0.3 is 5.32 Å². The summed E-state index contributed by atoms with van der Waals surface area (Å²) in [5.41, 5.74) is 0.907. The Morgan fingerprint density at radius 2 is 1.79 bits per heavy atom. The molecular formula is C16H25ClFN. The maximum Gasteiger partial charge on any atom is 0.142 e. The molecule has 0 radical (unpaired) electrons. The first-order valence-electron chi connectivity index (χ1n) is 7.05. The molecule has 108 valence electrons. The monoisotopic (exact) mass is 285 g/mol. The first-order valence-corrected chi connectivity index (χ1v) is 7.43. The van der Waals surface area contributed by atoms with Gasteiger partial charge in [0.05, 0.1) is 5.02 Å². The van der Waals surface area contributed by atoms with Crippen molar-refractivity contribution in [3.05, 3.63) is 34.6 Å². The van der Waals surface area contributed by atoms with Crippen molar-refractivity contribution >= 4 is 11.6 Å². The lowest BCUT2D eigenvalue weighted by molar-refractivity contribution is 0.357. The summed E-state index contributed by atoms with van der Waals surface area (Å²) < 4.78 is 13.4. The SMILES string of the molecule is CC(C)CNCC(C)C(C)Cc1cccc(F)c1Cl. The second-order valence-electron chi connectivity index (χ2n) is 5.92. The van der Waals surface area contributed by atoms with Crippen molar-refractivity contribution in [2.75, 3.05) is 13.1 Å². The number of hydrogen-bond donors (Lipinski definition) is 1. The predicted octanol–water partition coefficient (Wildman–Crippen LogP) is 4.54. The summed E-state index contributed by atoms with van der Waals surface area (Å²) in [5, 5.41) is 3.74. The zero-order valence-electron chi connectivity index (χ0n) is 12.3. The van der Waals surface area contributed by atoms with Crippen LogP contribution in [0.2, 0.25) is 5.02 Å². The standard InChI is InChI=1S/C16H25ClFN/c1-11(2)9-19-10-13(4)12(3)8-14-6-5-7-15(18)16(14)17/h5-7,11-13,19H,8-10H2,1-4H3. The third-order valence-corrected chi connectivity index (χ3v) is 3.99. The molecule has 1 aromatic carbocycles. The van der Waals surface area contributed by atoms with Crippen LogP contribution >= 0.6 is 11.6 Å². The highest BCUT2D eigenvalue weighted by Gasteiger charge is 2.15. The van der Waals surface area contributed by atoms with Crippen LogP contribution < -0.4 is 5.32 Å². The van der Waals surface area contributed by atoms with Gasteiger partial charge in [0.25, 0.3) is 0 Å². The largest absolute Gasteiger partial charge is 0.316 e. The smallest absolute Gasteiger partial charge is 0.142 e. The Morgan fingerprint density at radius 1 is 1.11 bits per heavy atom. The van der Waals surface area contributed by atoms with Crippen molar-refractivity contribution in [3.8, 4) is 0 Å². The molecule has 0 bridgehead atoms. The van der Waals surface area contributed by atoms with Gasteiger partial charge in [-0.2, -0.15) is 0 Å². The van der Waals surface area contributed by atoms with E-state index in [-0.39, 0.29) is 10.8 Å². The van der Waals surface area contributed by atoms with E-state index in [2.05, 4.69) is 33.0 Å². The van der Waals surface area contributed by atoms with E-state index in [0.29, 0.717) is 17.8 Å². The molecule has 1 rings (SSSR count). The molecule has 0 saturated heterocycles. The number of rotatable bonds is 7. The number of nitrogens with one attached hydrogen (secondary N) is 1. The van der Waals surface area contributed by atoms with Crippen LogP contribution in [0.25, 0.3) is 0 Å². The topological polar surface area (TPSA) is 12.0 Å².